The van der Waals surface area contributed by atoms with E-state index in [1.54, 1.807) is 7.11 Å². The predicted octanol–water partition coefficient (Wildman–Crippen LogP) is 1.44. The first-order valence-corrected chi connectivity index (χ1v) is 6.22. The van der Waals surface area contributed by atoms with Crippen molar-refractivity contribution >= 4 is 0 Å². The first kappa shape index (κ1) is 15.8. The highest BCUT2D eigenvalue weighted by Crippen LogP contribution is 1.97. The summed E-state index contributed by atoms with van der Waals surface area (Å²) in [4.78, 5) is 0. The molecule has 0 amide bonds. The number of rotatable bonds is 12. The molecule has 0 saturated heterocycles. The van der Waals surface area contributed by atoms with Crippen LogP contribution in [0.2, 0.25) is 0 Å². The van der Waals surface area contributed by atoms with E-state index in [9.17, 15) is 0 Å². The number of nitrogens with one attached hydrogen (secondary N) is 1. The van der Waals surface area contributed by atoms with Gasteiger partial charge in [0.1, 0.15) is 0 Å². The summed E-state index contributed by atoms with van der Waals surface area (Å²) >= 11 is 0. The molecular weight excluding hydrogens is 206 g/mol. The van der Waals surface area contributed by atoms with Gasteiger partial charge in [0.15, 0.2) is 0 Å². The molecule has 0 aromatic rings. The first-order valence-electron chi connectivity index (χ1n) is 6.22. The van der Waals surface area contributed by atoms with Gasteiger partial charge >= 0.3 is 0 Å². The van der Waals surface area contributed by atoms with Crippen molar-refractivity contribution in [3.05, 3.63) is 0 Å². The van der Waals surface area contributed by atoms with Crippen molar-refractivity contribution in [3.63, 3.8) is 0 Å². The largest absolute Gasteiger partial charge is 0.382 e. The zero-order valence-corrected chi connectivity index (χ0v) is 11.0. The molecule has 1 N–H and O–H groups in total. The Bertz CT molecular complexity index is 127. The van der Waals surface area contributed by atoms with Gasteiger partial charge in [-0.25, -0.2) is 0 Å². The lowest BCUT2D eigenvalue weighted by atomic mass is 10.2. The Labute approximate surface area is 99.6 Å². The molecule has 98 valence electrons. The number of ether oxygens (including phenoxy) is 3. The van der Waals surface area contributed by atoms with Crippen LogP contribution >= 0.6 is 0 Å². The zero-order chi connectivity index (χ0) is 12.1. The van der Waals surface area contributed by atoms with Gasteiger partial charge in [-0.2, -0.15) is 0 Å². The average molecular weight is 233 g/mol. The van der Waals surface area contributed by atoms with Gasteiger partial charge in [-0.05, 0) is 13.0 Å². The summed E-state index contributed by atoms with van der Waals surface area (Å²) in [6, 6.07) is 0.481. The third-order valence-corrected chi connectivity index (χ3v) is 2.25. The molecule has 0 spiro atoms. The van der Waals surface area contributed by atoms with E-state index in [2.05, 4.69) is 19.2 Å². The minimum atomic E-state index is 0.481. The van der Waals surface area contributed by atoms with Gasteiger partial charge in [0.2, 0.25) is 0 Å². The molecule has 0 aliphatic rings. The van der Waals surface area contributed by atoms with Crippen LogP contribution in [-0.4, -0.2) is 52.7 Å². The molecule has 1 atom stereocenters. The highest BCUT2D eigenvalue weighted by Gasteiger charge is 2.05. The number of hydrogen-bond donors (Lipinski definition) is 1. The van der Waals surface area contributed by atoms with Gasteiger partial charge in [-0.1, -0.05) is 20.3 Å². The van der Waals surface area contributed by atoms with Gasteiger partial charge in [0.25, 0.3) is 0 Å². The Kier molecular flexibility index (Phi) is 12.8. The minimum absolute atomic E-state index is 0.481. The SMILES string of the molecule is CCCC(COCCOCCOC)NCC. The second kappa shape index (κ2) is 12.9. The summed E-state index contributed by atoms with van der Waals surface area (Å²) in [5.74, 6) is 0. The van der Waals surface area contributed by atoms with Crippen molar-refractivity contribution in [1.82, 2.24) is 5.32 Å². The van der Waals surface area contributed by atoms with Crippen LogP contribution in [0.15, 0.2) is 0 Å². The fraction of sp³-hybridized carbons (Fsp3) is 1.00. The summed E-state index contributed by atoms with van der Waals surface area (Å²) in [6.45, 7) is 8.69. The second-order valence-corrected chi connectivity index (χ2v) is 3.72. The molecule has 0 aliphatic carbocycles. The molecule has 4 nitrogen and oxygen atoms in total. The van der Waals surface area contributed by atoms with E-state index in [1.807, 2.05) is 0 Å². The summed E-state index contributed by atoms with van der Waals surface area (Å²) < 4.78 is 15.7. The molecule has 4 heteroatoms. The van der Waals surface area contributed by atoms with Crippen molar-refractivity contribution < 1.29 is 14.2 Å². The van der Waals surface area contributed by atoms with E-state index in [4.69, 9.17) is 14.2 Å². The van der Waals surface area contributed by atoms with Gasteiger partial charge < -0.3 is 19.5 Å². The summed E-state index contributed by atoms with van der Waals surface area (Å²) in [6.07, 6.45) is 2.35. The maximum Gasteiger partial charge on any atom is 0.0701 e. The maximum absolute atomic E-state index is 5.55. The van der Waals surface area contributed by atoms with Gasteiger partial charge in [-0.15, -0.1) is 0 Å². The standard InChI is InChI=1S/C12H27NO3/c1-4-6-12(13-5-2)11-16-10-9-15-8-7-14-3/h12-13H,4-11H2,1-3H3. The van der Waals surface area contributed by atoms with Crippen molar-refractivity contribution in [1.29, 1.82) is 0 Å². The van der Waals surface area contributed by atoms with Gasteiger partial charge in [-0.3, -0.25) is 0 Å². The lowest BCUT2D eigenvalue weighted by Crippen LogP contribution is -2.33. The van der Waals surface area contributed by atoms with Crippen LogP contribution in [0.5, 0.6) is 0 Å². The van der Waals surface area contributed by atoms with E-state index < -0.39 is 0 Å². The molecule has 0 aromatic heterocycles. The molecular formula is C12H27NO3. The van der Waals surface area contributed by atoms with E-state index in [0.29, 0.717) is 32.5 Å². The smallest absolute Gasteiger partial charge is 0.0701 e. The molecule has 0 aliphatic heterocycles. The molecule has 0 saturated carbocycles. The molecule has 0 radical (unpaired) electrons. The van der Waals surface area contributed by atoms with Gasteiger partial charge in [0.05, 0.1) is 33.0 Å². The van der Waals surface area contributed by atoms with E-state index in [0.717, 1.165) is 13.2 Å². The van der Waals surface area contributed by atoms with Crippen molar-refractivity contribution in [2.45, 2.75) is 32.7 Å². The molecule has 0 heterocycles. The normalized spacial score (nSPS) is 12.9. The molecule has 0 aromatic carbocycles. The van der Waals surface area contributed by atoms with Gasteiger partial charge in [0, 0.05) is 13.2 Å². The predicted molar refractivity (Wildman–Crippen MR) is 65.9 cm³/mol. The van der Waals surface area contributed by atoms with Crippen LogP contribution in [0, 0.1) is 0 Å². The van der Waals surface area contributed by atoms with Crippen molar-refractivity contribution in [2.75, 3.05) is 46.7 Å². The van der Waals surface area contributed by atoms with E-state index in [-0.39, 0.29) is 0 Å². The summed E-state index contributed by atoms with van der Waals surface area (Å²) in [5, 5.41) is 3.41. The molecule has 16 heavy (non-hydrogen) atoms. The number of likely N-dealkylation sites (N-methyl/N-ethyl adjacent to an activating group) is 1. The van der Waals surface area contributed by atoms with E-state index >= 15 is 0 Å². The quantitative estimate of drug-likeness (QED) is 0.518. The van der Waals surface area contributed by atoms with Crippen LogP contribution in [0.1, 0.15) is 26.7 Å². The Morgan fingerprint density at radius 2 is 1.69 bits per heavy atom. The van der Waals surface area contributed by atoms with Crippen molar-refractivity contribution in [2.24, 2.45) is 0 Å². The van der Waals surface area contributed by atoms with Crippen LogP contribution in [0.25, 0.3) is 0 Å². The second-order valence-electron chi connectivity index (χ2n) is 3.72. The molecule has 0 rings (SSSR count). The van der Waals surface area contributed by atoms with Crippen LogP contribution in [0.4, 0.5) is 0 Å². The lowest BCUT2D eigenvalue weighted by molar-refractivity contribution is 0.0189. The first-order chi connectivity index (χ1) is 7.85. The van der Waals surface area contributed by atoms with Crippen LogP contribution in [0.3, 0.4) is 0 Å². The highest BCUT2D eigenvalue weighted by atomic mass is 16.5. The molecule has 0 bridgehead atoms. The van der Waals surface area contributed by atoms with Crippen LogP contribution < -0.4 is 5.32 Å². The Hall–Kier alpha value is -0.160. The Morgan fingerprint density at radius 3 is 2.31 bits per heavy atom. The Morgan fingerprint density at radius 1 is 1.00 bits per heavy atom. The fourth-order valence-corrected chi connectivity index (χ4v) is 1.47. The molecule has 0 fully saturated rings. The third kappa shape index (κ3) is 10.4. The third-order valence-electron chi connectivity index (χ3n) is 2.25. The van der Waals surface area contributed by atoms with E-state index in [1.165, 1.54) is 12.8 Å². The average Bonchev–Trinajstić information content (AvgIpc) is 2.28. The summed E-state index contributed by atoms with van der Waals surface area (Å²) in [5.41, 5.74) is 0. The zero-order valence-electron chi connectivity index (χ0n) is 11.0. The number of methoxy groups -OCH3 is 1. The maximum atomic E-state index is 5.55. The number of hydrogen-bond acceptors (Lipinski definition) is 4. The highest BCUT2D eigenvalue weighted by molar-refractivity contribution is 4.63. The minimum Gasteiger partial charge on any atom is -0.382 e. The lowest BCUT2D eigenvalue weighted by Gasteiger charge is -2.17. The monoisotopic (exact) mass is 233 g/mol. The molecule has 1 unspecified atom stereocenters. The van der Waals surface area contributed by atoms with Crippen LogP contribution in [-0.2, 0) is 14.2 Å². The van der Waals surface area contributed by atoms with Crippen molar-refractivity contribution in [3.8, 4) is 0 Å². The fourth-order valence-electron chi connectivity index (χ4n) is 1.47. The topological polar surface area (TPSA) is 39.7 Å². The Balaban J connectivity index is 3.25. The summed E-state index contributed by atoms with van der Waals surface area (Å²) in [7, 11) is 1.67.